The molecule has 0 spiro atoms. The predicted octanol–water partition coefficient (Wildman–Crippen LogP) is 0.537. The highest BCUT2D eigenvalue weighted by Gasteiger charge is 2.43. The summed E-state index contributed by atoms with van der Waals surface area (Å²) in [7, 11) is 0. The van der Waals surface area contributed by atoms with E-state index >= 15 is 0 Å². The molecule has 2 N–H and O–H groups in total. The quantitative estimate of drug-likeness (QED) is 0.749. The van der Waals surface area contributed by atoms with E-state index in [-0.39, 0.29) is 38.2 Å². The van der Waals surface area contributed by atoms with E-state index in [0.29, 0.717) is 13.0 Å². The van der Waals surface area contributed by atoms with E-state index in [1.807, 2.05) is 0 Å². The van der Waals surface area contributed by atoms with Crippen LogP contribution in [0.5, 0.6) is 0 Å². The van der Waals surface area contributed by atoms with Gasteiger partial charge in [0.1, 0.15) is 6.10 Å². The van der Waals surface area contributed by atoms with Crippen molar-refractivity contribution >= 4 is 5.91 Å². The molecule has 5 nitrogen and oxygen atoms in total. The SMILES string of the molecule is NC[C@H]1CC[C@@H](C(=O)N2CCN(CC(F)(F)C(F)F)CC2)O1. The highest BCUT2D eigenvalue weighted by atomic mass is 19.3. The van der Waals surface area contributed by atoms with Crippen molar-refractivity contribution in [3.05, 3.63) is 0 Å². The molecule has 0 aliphatic carbocycles. The van der Waals surface area contributed by atoms with Crippen LogP contribution in [0.1, 0.15) is 12.8 Å². The Labute approximate surface area is 126 Å². The molecule has 2 saturated heterocycles. The summed E-state index contributed by atoms with van der Waals surface area (Å²) in [5, 5.41) is 0. The minimum atomic E-state index is -4.02. The van der Waals surface area contributed by atoms with Crippen LogP contribution in [-0.4, -0.2) is 79.5 Å². The van der Waals surface area contributed by atoms with Crippen molar-refractivity contribution in [3.63, 3.8) is 0 Å². The van der Waals surface area contributed by atoms with Crippen LogP contribution in [0.4, 0.5) is 17.6 Å². The second kappa shape index (κ2) is 7.10. The largest absolute Gasteiger partial charge is 0.364 e. The molecule has 9 heteroatoms. The average molecular weight is 327 g/mol. The molecule has 0 aromatic heterocycles. The lowest BCUT2D eigenvalue weighted by Crippen LogP contribution is -2.54. The first kappa shape index (κ1) is 17.4. The van der Waals surface area contributed by atoms with Crippen molar-refractivity contribution in [2.24, 2.45) is 5.73 Å². The fourth-order valence-electron chi connectivity index (χ4n) is 2.76. The van der Waals surface area contributed by atoms with Crippen LogP contribution in [-0.2, 0) is 9.53 Å². The molecule has 2 heterocycles. The smallest absolute Gasteiger partial charge is 0.319 e. The molecule has 0 radical (unpaired) electrons. The van der Waals surface area contributed by atoms with Crippen molar-refractivity contribution in [2.75, 3.05) is 39.3 Å². The number of nitrogens with two attached hydrogens (primary N) is 1. The molecule has 2 aliphatic rings. The Balaban J connectivity index is 1.78. The number of carbonyl (C=O) groups is 1. The van der Waals surface area contributed by atoms with Crippen LogP contribution in [0.3, 0.4) is 0 Å². The number of hydrogen-bond acceptors (Lipinski definition) is 4. The maximum absolute atomic E-state index is 13.0. The van der Waals surface area contributed by atoms with Gasteiger partial charge in [0.2, 0.25) is 0 Å². The molecule has 0 bridgehead atoms. The van der Waals surface area contributed by atoms with Gasteiger partial charge in [0.05, 0.1) is 12.6 Å². The number of piperazine rings is 1. The van der Waals surface area contributed by atoms with Crippen LogP contribution >= 0.6 is 0 Å². The van der Waals surface area contributed by atoms with Gasteiger partial charge in [-0.1, -0.05) is 0 Å². The van der Waals surface area contributed by atoms with Gasteiger partial charge in [-0.05, 0) is 12.8 Å². The third kappa shape index (κ3) is 4.08. The standard InChI is InChI=1S/C13H21F4N3O2/c14-12(15)13(16,17)8-19-3-5-20(6-4-19)11(21)10-2-1-9(7-18)22-10/h9-10,12H,1-8,18H2/t9-,10+/m1/s1. The minimum absolute atomic E-state index is 0.111. The molecule has 128 valence electrons. The summed E-state index contributed by atoms with van der Waals surface area (Å²) in [4.78, 5) is 15.0. The molecular weight excluding hydrogens is 306 g/mol. The van der Waals surface area contributed by atoms with Gasteiger partial charge in [0.15, 0.2) is 0 Å². The lowest BCUT2D eigenvalue weighted by atomic mass is 10.1. The van der Waals surface area contributed by atoms with Crippen molar-refractivity contribution in [1.82, 2.24) is 9.80 Å². The Kier molecular flexibility index (Phi) is 5.62. The van der Waals surface area contributed by atoms with E-state index in [1.54, 1.807) is 4.90 Å². The molecule has 0 aromatic rings. The summed E-state index contributed by atoms with van der Waals surface area (Å²) in [6.45, 7) is 0.168. The first-order chi connectivity index (χ1) is 10.3. The van der Waals surface area contributed by atoms with Crippen molar-refractivity contribution in [2.45, 2.75) is 37.4 Å². The highest BCUT2D eigenvalue weighted by Crippen LogP contribution is 2.25. The molecule has 2 aliphatic heterocycles. The second-order valence-corrected chi connectivity index (χ2v) is 5.72. The van der Waals surface area contributed by atoms with E-state index in [0.717, 1.165) is 6.42 Å². The fourth-order valence-corrected chi connectivity index (χ4v) is 2.76. The van der Waals surface area contributed by atoms with Crippen molar-refractivity contribution < 1.29 is 27.1 Å². The number of alkyl halides is 4. The Morgan fingerprint density at radius 1 is 1.23 bits per heavy atom. The van der Waals surface area contributed by atoms with E-state index < -0.39 is 25.0 Å². The number of halogens is 4. The Morgan fingerprint density at radius 2 is 1.86 bits per heavy atom. The van der Waals surface area contributed by atoms with Gasteiger partial charge in [-0.25, -0.2) is 8.78 Å². The maximum atomic E-state index is 13.0. The molecule has 0 saturated carbocycles. The molecule has 2 rings (SSSR count). The summed E-state index contributed by atoms with van der Waals surface area (Å²) in [6.07, 6.45) is -2.98. The summed E-state index contributed by atoms with van der Waals surface area (Å²) in [5.41, 5.74) is 5.49. The zero-order valence-corrected chi connectivity index (χ0v) is 12.2. The summed E-state index contributed by atoms with van der Waals surface area (Å²) < 4.78 is 55.9. The second-order valence-electron chi connectivity index (χ2n) is 5.72. The minimum Gasteiger partial charge on any atom is -0.364 e. The zero-order chi connectivity index (χ0) is 16.3. The topological polar surface area (TPSA) is 58.8 Å². The first-order valence-corrected chi connectivity index (χ1v) is 7.36. The number of carbonyl (C=O) groups excluding carboxylic acids is 1. The van der Waals surface area contributed by atoms with Crippen molar-refractivity contribution in [3.8, 4) is 0 Å². The van der Waals surface area contributed by atoms with Crippen LogP contribution in [0.15, 0.2) is 0 Å². The third-order valence-electron chi connectivity index (χ3n) is 4.08. The van der Waals surface area contributed by atoms with Crippen LogP contribution < -0.4 is 5.73 Å². The van der Waals surface area contributed by atoms with Gasteiger partial charge in [0.25, 0.3) is 5.91 Å². The highest BCUT2D eigenvalue weighted by molar-refractivity contribution is 5.81. The van der Waals surface area contributed by atoms with E-state index in [4.69, 9.17) is 10.5 Å². The average Bonchev–Trinajstić information content (AvgIpc) is 2.95. The Hall–Kier alpha value is -0.930. The van der Waals surface area contributed by atoms with E-state index in [1.165, 1.54) is 4.90 Å². The number of ether oxygens (including phenoxy) is 1. The van der Waals surface area contributed by atoms with Gasteiger partial charge >= 0.3 is 12.3 Å². The fraction of sp³-hybridized carbons (Fsp3) is 0.923. The van der Waals surface area contributed by atoms with Gasteiger partial charge in [0, 0.05) is 32.7 Å². The predicted molar refractivity (Wildman–Crippen MR) is 70.9 cm³/mol. The molecule has 1 amide bonds. The number of hydrogen-bond donors (Lipinski definition) is 1. The van der Waals surface area contributed by atoms with Gasteiger partial charge in [-0.2, -0.15) is 8.78 Å². The molecule has 22 heavy (non-hydrogen) atoms. The summed E-state index contributed by atoms with van der Waals surface area (Å²) >= 11 is 0. The first-order valence-electron chi connectivity index (χ1n) is 7.36. The number of nitrogens with zero attached hydrogens (tertiary/aromatic N) is 2. The molecular formula is C13H21F4N3O2. The lowest BCUT2D eigenvalue weighted by molar-refractivity contribution is -0.152. The monoisotopic (exact) mass is 327 g/mol. The van der Waals surface area contributed by atoms with Gasteiger partial charge in [-0.15, -0.1) is 0 Å². The summed E-state index contributed by atoms with van der Waals surface area (Å²) in [6, 6.07) is 0. The van der Waals surface area contributed by atoms with E-state index in [2.05, 4.69) is 0 Å². The normalized spacial score (nSPS) is 27.6. The molecule has 2 atom stereocenters. The van der Waals surface area contributed by atoms with Gasteiger partial charge < -0.3 is 15.4 Å². The third-order valence-corrected chi connectivity index (χ3v) is 4.08. The Morgan fingerprint density at radius 3 is 2.36 bits per heavy atom. The Bertz CT molecular complexity index is 389. The van der Waals surface area contributed by atoms with Gasteiger partial charge in [-0.3, -0.25) is 9.69 Å². The number of amides is 1. The van der Waals surface area contributed by atoms with E-state index in [9.17, 15) is 22.4 Å². The van der Waals surface area contributed by atoms with Crippen LogP contribution in [0.2, 0.25) is 0 Å². The van der Waals surface area contributed by atoms with Crippen LogP contribution in [0, 0.1) is 0 Å². The molecule has 0 aromatic carbocycles. The summed E-state index contributed by atoms with van der Waals surface area (Å²) in [5.74, 6) is -4.19. The molecule has 2 fully saturated rings. The van der Waals surface area contributed by atoms with Crippen molar-refractivity contribution in [1.29, 1.82) is 0 Å². The lowest BCUT2D eigenvalue weighted by Gasteiger charge is -2.37. The molecule has 0 unspecified atom stereocenters. The number of rotatable bonds is 5. The van der Waals surface area contributed by atoms with Crippen LogP contribution in [0.25, 0.3) is 0 Å². The zero-order valence-electron chi connectivity index (χ0n) is 12.2. The maximum Gasteiger partial charge on any atom is 0.319 e.